The number of hydrogen-bond acceptors (Lipinski definition) is 3. The van der Waals surface area contributed by atoms with Crippen molar-refractivity contribution < 1.29 is 15.0 Å². The molecule has 0 radical (unpaired) electrons. The number of fused-ring (bicyclic) bond motifs is 1. The minimum absolute atomic E-state index is 0.0124. The van der Waals surface area contributed by atoms with Gasteiger partial charge < -0.3 is 15.1 Å². The molecule has 22 heavy (non-hydrogen) atoms. The first-order valence-electron chi connectivity index (χ1n) is 7.45. The molecule has 1 atom stereocenters. The minimum atomic E-state index is -1.36. The second-order valence-corrected chi connectivity index (χ2v) is 5.56. The molecule has 2 aromatic carbocycles. The molecule has 3 rings (SSSR count). The molecule has 2 aromatic rings. The van der Waals surface area contributed by atoms with Crippen LogP contribution in [0.4, 0.5) is 0 Å². The molecular formula is C18H19NO3. The number of benzene rings is 2. The molecule has 2 N–H and O–H groups in total. The zero-order valence-corrected chi connectivity index (χ0v) is 12.3. The topological polar surface area (TPSA) is 60.8 Å². The SMILES string of the molecule is O=C1c2ccccc2[C@](O)(Cc2ccccc2)N1CCCO. The molecule has 1 heterocycles. The van der Waals surface area contributed by atoms with E-state index in [1.54, 1.807) is 18.2 Å². The molecule has 0 saturated heterocycles. The number of aliphatic hydroxyl groups is 2. The van der Waals surface area contributed by atoms with E-state index in [0.29, 0.717) is 30.5 Å². The Morgan fingerprint density at radius 3 is 2.41 bits per heavy atom. The Morgan fingerprint density at radius 2 is 1.68 bits per heavy atom. The fourth-order valence-electron chi connectivity index (χ4n) is 3.06. The van der Waals surface area contributed by atoms with Crippen LogP contribution in [0.1, 0.15) is 27.9 Å². The molecule has 1 amide bonds. The summed E-state index contributed by atoms with van der Waals surface area (Å²) in [5.41, 5.74) is 0.786. The molecule has 114 valence electrons. The molecule has 0 aromatic heterocycles. The van der Waals surface area contributed by atoms with Crippen molar-refractivity contribution in [3.63, 3.8) is 0 Å². The molecule has 0 spiro atoms. The average molecular weight is 297 g/mol. The molecule has 4 heteroatoms. The summed E-state index contributed by atoms with van der Waals surface area (Å²) in [6.07, 6.45) is 0.777. The first-order chi connectivity index (χ1) is 10.7. The molecule has 0 bridgehead atoms. The van der Waals surface area contributed by atoms with Gasteiger partial charge in [-0.25, -0.2) is 0 Å². The van der Waals surface area contributed by atoms with E-state index in [9.17, 15) is 9.90 Å². The third-order valence-corrected chi connectivity index (χ3v) is 4.11. The highest BCUT2D eigenvalue weighted by atomic mass is 16.3. The molecule has 1 aliphatic rings. The van der Waals surface area contributed by atoms with Crippen molar-refractivity contribution in [2.45, 2.75) is 18.6 Å². The highest BCUT2D eigenvalue weighted by molar-refractivity contribution is 5.99. The first kappa shape index (κ1) is 14.8. The Kier molecular flexibility index (Phi) is 3.96. The summed E-state index contributed by atoms with van der Waals surface area (Å²) < 4.78 is 0. The van der Waals surface area contributed by atoms with Crippen LogP contribution < -0.4 is 0 Å². The smallest absolute Gasteiger partial charge is 0.256 e. The lowest BCUT2D eigenvalue weighted by atomic mass is 9.94. The van der Waals surface area contributed by atoms with E-state index in [0.717, 1.165) is 5.56 Å². The fraction of sp³-hybridized carbons (Fsp3) is 0.278. The van der Waals surface area contributed by atoms with Crippen LogP contribution in [0.15, 0.2) is 54.6 Å². The lowest BCUT2D eigenvalue weighted by Gasteiger charge is -2.34. The lowest BCUT2D eigenvalue weighted by molar-refractivity contribution is -0.0848. The third-order valence-electron chi connectivity index (χ3n) is 4.11. The van der Waals surface area contributed by atoms with E-state index < -0.39 is 5.72 Å². The number of aliphatic hydroxyl groups excluding tert-OH is 1. The van der Waals surface area contributed by atoms with Gasteiger partial charge in [0, 0.05) is 30.7 Å². The van der Waals surface area contributed by atoms with E-state index in [-0.39, 0.29) is 12.5 Å². The summed E-state index contributed by atoms with van der Waals surface area (Å²) in [5.74, 6) is -0.178. The minimum Gasteiger partial charge on any atom is -0.396 e. The van der Waals surface area contributed by atoms with Crippen molar-refractivity contribution in [3.05, 3.63) is 71.3 Å². The highest BCUT2D eigenvalue weighted by Gasteiger charge is 2.47. The summed E-state index contributed by atoms with van der Waals surface area (Å²) in [6, 6.07) is 16.8. The summed E-state index contributed by atoms with van der Waals surface area (Å²) >= 11 is 0. The van der Waals surface area contributed by atoms with Crippen LogP contribution in [0.2, 0.25) is 0 Å². The van der Waals surface area contributed by atoms with Crippen LogP contribution in [-0.2, 0) is 12.1 Å². The van der Waals surface area contributed by atoms with Gasteiger partial charge >= 0.3 is 0 Å². The van der Waals surface area contributed by atoms with E-state index in [2.05, 4.69) is 0 Å². The van der Waals surface area contributed by atoms with Crippen LogP contribution in [0.25, 0.3) is 0 Å². The van der Waals surface area contributed by atoms with Crippen LogP contribution >= 0.6 is 0 Å². The number of carbonyl (C=O) groups is 1. The van der Waals surface area contributed by atoms with Crippen molar-refractivity contribution in [3.8, 4) is 0 Å². The normalized spacial score (nSPS) is 20.3. The largest absolute Gasteiger partial charge is 0.396 e. The van der Waals surface area contributed by atoms with Crippen molar-refractivity contribution >= 4 is 5.91 Å². The van der Waals surface area contributed by atoms with Crippen molar-refractivity contribution in [1.82, 2.24) is 4.90 Å². The molecule has 1 aliphatic heterocycles. The Balaban J connectivity index is 2.01. The predicted octanol–water partition coefficient (Wildman–Crippen LogP) is 1.91. The van der Waals surface area contributed by atoms with Crippen LogP contribution in [0, 0.1) is 0 Å². The summed E-state index contributed by atoms with van der Waals surface area (Å²) in [7, 11) is 0. The average Bonchev–Trinajstić information content (AvgIpc) is 2.75. The first-order valence-corrected chi connectivity index (χ1v) is 7.45. The highest BCUT2D eigenvalue weighted by Crippen LogP contribution is 2.39. The second-order valence-electron chi connectivity index (χ2n) is 5.56. The number of nitrogens with zero attached hydrogens (tertiary/aromatic N) is 1. The van der Waals surface area contributed by atoms with Gasteiger partial charge in [-0.3, -0.25) is 4.79 Å². The van der Waals surface area contributed by atoms with Gasteiger partial charge in [-0.15, -0.1) is 0 Å². The van der Waals surface area contributed by atoms with Crippen LogP contribution in [0.5, 0.6) is 0 Å². The maximum Gasteiger partial charge on any atom is 0.256 e. The maximum absolute atomic E-state index is 12.6. The maximum atomic E-state index is 12.6. The molecule has 4 nitrogen and oxygen atoms in total. The zero-order valence-electron chi connectivity index (χ0n) is 12.3. The van der Waals surface area contributed by atoms with Gasteiger partial charge in [0.05, 0.1) is 0 Å². The molecule has 0 fully saturated rings. The van der Waals surface area contributed by atoms with Gasteiger partial charge in [-0.05, 0) is 18.1 Å². The van der Waals surface area contributed by atoms with E-state index in [1.807, 2.05) is 36.4 Å². The molecule has 0 saturated carbocycles. The predicted molar refractivity (Wildman–Crippen MR) is 83.2 cm³/mol. The van der Waals surface area contributed by atoms with Crippen molar-refractivity contribution in [1.29, 1.82) is 0 Å². The summed E-state index contributed by atoms with van der Waals surface area (Å²) in [6.45, 7) is 0.314. The van der Waals surface area contributed by atoms with Gasteiger partial charge in [0.15, 0.2) is 5.72 Å². The zero-order chi connectivity index (χ0) is 15.6. The van der Waals surface area contributed by atoms with Gasteiger partial charge in [0.1, 0.15) is 0 Å². The number of carbonyl (C=O) groups excluding carboxylic acids is 1. The summed E-state index contributed by atoms with van der Waals surface area (Å²) in [5, 5.41) is 20.3. The standard InChI is InChI=1S/C18H19NO3/c20-12-6-11-19-17(21)15-9-4-5-10-16(15)18(19,22)13-14-7-2-1-3-8-14/h1-5,7-10,20,22H,6,11-13H2/t18-/m1/s1. The van der Waals surface area contributed by atoms with Crippen LogP contribution in [-0.4, -0.2) is 34.2 Å². The van der Waals surface area contributed by atoms with E-state index >= 15 is 0 Å². The number of rotatable bonds is 5. The monoisotopic (exact) mass is 297 g/mol. The van der Waals surface area contributed by atoms with E-state index in [4.69, 9.17) is 5.11 Å². The van der Waals surface area contributed by atoms with E-state index in [1.165, 1.54) is 4.90 Å². The molecule has 0 aliphatic carbocycles. The van der Waals surface area contributed by atoms with Crippen molar-refractivity contribution in [2.24, 2.45) is 0 Å². The Hall–Kier alpha value is -2.17. The van der Waals surface area contributed by atoms with Gasteiger partial charge in [0.25, 0.3) is 5.91 Å². The van der Waals surface area contributed by atoms with Crippen molar-refractivity contribution in [2.75, 3.05) is 13.2 Å². The third kappa shape index (κ3) is 2.40. The Morgan fingerprint density at radius 1 is 1.00 bits per heavy atom. The molecular weight excluding hydrogens is 278 g/mol. The number of amides is 1. The van der Waals surface area contributed by atoms with Gasteiger partial charge in [-0.2, -0.15) is 0 Å². The van der Waals surface area contributed by atoms with Gasteiger partial charge in [-0.1, -0.05) is 48.5 Å². The fourth-order valence-corrected chi connectivity index (χ4v) is 3.06. The van der Waals surface area contributed by atoms with Gasteiger partial charge in [0.2, 0.25) is 0 Å². The Bertz CT molecular complexity index is 671. The summed E-state index contributed by atoms with van der Waals surface area (Å²) in [4.78, 5) is 14.1. The number of hydrogen-bond donors (Lipinski definition) is 2. The molecule has 0 unspecified atom stereocenters. The Labute approximate surface area is 129 Å². The second kappa shape index (κ2) is 5.91. The van der Waals surface area contributed by atoms with Crippen LogP contribution in [0.3, 0.4) is 0 Å². The lowest BCUT2D eigenvalue weighted by Crippen LogP contribution is -2.46. The quantitative estimate of drug-likeness (QED) is 0.886.